The first-order valence-corrected chi connectivity index (χ1v) is 9.70. The van der Waals surface area contributed by atoms with Crippen LogP contribution < -0.4 is 10.2 Å². The molecule has 1 N–H and O–H groups in total. The zero-order valence-electron chi connectivity index (χ0n) is 15.0. The molecule has 0 unspecified atom stereocenters. The van der Waals surface area contributed by atoms with Gasteiger partial charge in [0.05, 0.1) is 15.7 Å². The summed E-state index contributed by atoms with van der Waals surface area (Å²) < 4.78 is 5.72. The standard InChI is InChI=1S/C21H11Cl3N2O4/c22-11-4-6-12(7-5-11)26-20(28)15(19(27)25-21(26)29)10-13-8-9-17(30-13)14-2-1-3-16(23)18(14)24/h1-10H,(H,25,27,29)/b15-10+. The van der Waals surface area contributed by atoms with Crippen molar-refractivity contribution in [2.45, 2.75) is 0 Å². The van der Waals surface area contributed by atoms with E-state index in [2.05, 4.69) is 5.32 Å². The predicted octanol–water partition coefficient (Wildman–Crippen LogP) is 5.57. The Morgan fingerprint density at radius 2 is 1.63 bits per heavy atom. The van der Waals surface area contributed by atoms with E-state index in [-0.39, 0.29) is 17.0 Å². The molecule has 4 amide bonds. The van der Waals surface area contributed by atoms with Crippen LogP contribution in [0.15, 0.2) is 64.6 Å². The first kappa shape index (κ1) is 20.2. The van der Waals surface area contributed by atoms with Crippen LogP contribution in [0.3, 0.4) is 0 Å². The van der Waals surface area contributed by atoms with Crippen molar-refractivity contribution in [3.8, 4) is 11.3 Å². The lowest BCUT2D eigenvalue weighted by Gasteiger charge is -2.26. The highest BCUT2D eigenvalue weighted by atomic mass is 35.5. The number of carbonyl (C=O) groups excluding carboxylic acids is 3. The zero-order valence-corrected chi connectivity index (χ0v) is 17.3. The van der Waals surface area contributed by atoms with Gasteiger partial charge in [0.2, 0.25) is 0 Å². The molecule has 1 fully saturated rings. The third kappa shape index (κ3) is 3.73. The van der Waals surface area contributed by atoms with Crippen molar-refractivity contribution in [2.75, 3.05) is 4.90 Å². The molecule has 150 valence electrons. The summed E-state index contributed by atoms with van der Waals surface area (Å²) in [5.74, 6) is -0.979. The number of carbonyl (C=O) groups is 3. The summed E-state index contributed by atoms with van der Waals surface area (Å²) in [6, 6.07) is 13.5. The summed E-state index contributed by atoms with van der Waals surface area (Å²) in [7, 11) is 0. The smallest absolute Gasteiger partial charge is 0.335 e. The normalized spacial score (nSPS) is 15.6. The molecule has 30 heavy (non-hydrogen) atoms. The highest BCUT2D eigenvalue weighted by Gasteiger charge is 2.37. The fourth-order valence-electron chi connectivity index (χ4n) is 2.89. The second kappa shape index (κ2) is 7.99. The molecule has 2 heterocycles. The quantitative estimate of drug-likeness (QED) is 0.408. The van der Waals surface area contributed by atoms with E-state index >= 15 is 0 Å². The van der Waals surface area contributed by atoms with Crippen LogP contribution in [0.25, 0.3) is 17.4 Å². The number of imide groups is 2. The largest absolute Gasteiger partial charge is 0.457 e. The van der Waals surface area contributed by atoms with Crippen LogP contribution in [-0.4, -0.2) is 17.8 Å². The van der Waals surface area contributed by atoms with Crippen molar-refractivity contribution in [3.63, 3.8) is 0 Å². The van der Waals surface area contributed by atoms with Gasteiger partial charge in [0.25, 0.3) is 11.8 Å². The minimum atomic E-state index is -0.852. The maximum absolute atomic E-state index is 12.9. The summed E-state index contributed by atoms with van der Waals surface area (Å²) in [6.45, 7) is 0. The number of anilines is 1. The van der Waals surface area contributed by atoms with Gasteiger partial charge in [0.15, 0.2) is 0 Å². The summed E-state index contributed by atoms with van der Waals surface area (Å²) >= 11 is 18.1. The van der Waals surface area contributed by atoms with Crippen LogP contribution in [0.2, 0.25) is 15.1 Å². The van der Waals surface area contributed by atoms with Crippen molar-refractivity contribution in [3.05, 3.63) is 81.0 Å². The number of amides is 4. The molecule has 0 radical (unpaired) electrons. The molecule has 1 aliphatic rings. The summed E-state index contributed by atoms with van der Waals surface area (Å²) in [6.07, 6.45) is 1.26. The van der Waals surface area contributed by atoms with Crippen molar-refractivity contribution in [1.29, 1.82) is 0 Å². The molecule has 0 aliphatic carbocycles. The van der Waals surface area contributed by atoms with E-state index in [4.69, 9.17) is 39.2 Å². The van der Waals surface area contributed by atoms with Gasteiger partial charge in [-0.2, -0.15) is 0 Å². The SMILES string of the molecule is O=C1NC(=O)N(c2ccc(Cl)cc2)C(=O)/C1=C/c1ccc(-c2cccc(Cl)c2Cl)o1. The lowest BCUT2D eigenvalue weighted by molar-refractivity contribution is -0.122. The minimum Gasteiger partial charge on any atom is -0.457 e. The number of hydrogen-bond donors (Lipinski definition) is 1. The molecule has 9 heteroatoms. The number of rotatable bonds is 3. The molecule has 4 rings (SSSR count). The van der Waals surface area contributed by atoms with Crippen LogP contribution in [0.5, 0.6) is 0 Å². The molecule has 1 saturated heterocycles. The van der Waals surface area contributed by atoms with E-state index in [1.165, 1.54) is 30.3 Å². The average Bonchev–Trinajstić information content (AvgIpc) is 3.17. The van der Waals surface area contributed by atoms with Gasteiger partial charge in [-0.15, -0.1) is 0 Å². The highest BCUT2D eigenvalue weighted by Crippen LogP contribution is 2.35. The number of urea groups is 1. The maximum atomic E-state index is 12.9. The van der Waals surface area contributed by atoms with E-state index in [1.807, 2.05) is 0 Å². The van der Waals surface area contributed by atoms with Crippen molar-refractivity contribution >= 4 is 64.4 Å². The van der Waals surface area contributed by atoms with E-state index < -0.39 is 17.8 Å². The average molecular weight is 462 g/mol. The number of barbiturate groups is 1. The van der Waals surface area contributed by atoms with Gasteiger partial charge in [0.1, 0.15) is 17.1 Å². The highest BCUT2D eigenvalue weighted by molar-refractivity contribution is 6.43. The van der Waals surface area contributed by atoms with Crippen molar-refractivity contribution < 1.29 is 18.8 Å². The van der Waals surface area contributed by atoms with E-state index in [1.54, 1.807) is 30.3 Å². The minimum absolute atomic E-state index is 0.227. The molecular weight excluding hydrogens is 451 g/mol. The third-order valence-electron chi connectivity index (χ3n) is 4.32. The Hall–Kier alpha value is -3.06. The molecule has 1 aromatic heterocycles. The molecule has 0 spiro atoms. The maximum Gasteiger partial charge on any atom is 0.335 e. The molecule has 6 nitrogen and oxygen atoms in total. The van der Waals surface area contributed by atoms with Crippen molar-refractivity contribution in [2.24, 2.45) is 0 Å². The Bertz CT molecular complexity index is 1220. The molecule has 0 saturated carbocycles. The molecule has 0 bridgehead atoms. The van der Waals surface area contributed by atoms with Gasteiger partial charge in [-0.05, 0) is 54.6 Å². The van der Waals surface area contributed by atoms with E-state index in [0.717, 1.165) is 4.90 Å². The number of furan rings is 1. The van der Waals surface area contributed by atoms with Crippen LogP contribution in [0.1, 0.15) is 5.76 Å². The topological polar surface area (TPSA) is 79.6 Å². The van der Waals surface area contributed by atoms with Gasteiger partial charge in [-0.3, -0.25) is 14.9 Å². The Morgan fingerprint density at radius 1 is 0.900 bits per heavy atom. The Labute approximate surface area is 185 Å². The lowest BCUT2D eigenvalue weighted by atomic mass is 10.1. The van der Waals surface area contributed by atoms with Crippen LogP contribution >= 0.6 is 34.8 Å². The third-order valence-corrected chi connectivity index (χ3v) is 5.39. The molecular formula is C21H11Cl3N2O4. The zero-order chi connectivity index (χ0) is 21.4. The predicted molar refractivity (Wildman–Crippen MR) is 115 cm³/mol. The van der Waals surface area contributed by atoms with Gasteiger partial charge in [-0.25, -0.2) is 9.69 Å². The fraction of sp³-hybridized carbons (Fsp3) is 0. The number of halogens is 3. The second-order valence-corrected chi connectivity index (χ2v) is 7.46. The number of benzene rings is 2. The van der Waals surface area contributed by atoms with Crippen LogP contribution in [0, 0.1) is 0 Å². The first-order chi connectivity index (χ1) is 14.3. The van der Waals surface area contributed by atoms with Gasteiger partial charge in [0, 0.05) is 10.6 Å². The summed E-state index contributed by atoms with van der Waals surface area (Å²) in [5, 5.41) is 3.27. The molecule has 0 atom stereocenters. The fourth-order valence-corrected chi connectivity index (χ4v) is 3.41. The Morgan fingerprint density at radius 3 is 2.37 bits per heavy atom. The lowest BCUT2D eigenvalue weighted by Crippen LogP contribution is -2.54. The molecule has 2 aromatic carbocycles. The van der Waals surface area contributed by atoms with E-state index in [0.29, 0.717) is 26.4 Å². The monoisotopic (exact) mass is 460 g/mol. The summed E-state index contributed by atoms with van der Waals surface area (Å²) in [5.41, 5.74) is 0.569. The Kier molecular flexibility index (Phi) is 5.39. The molecule has 3 aromatic rings. The van der Waals surface area contributed by atoms with Gasteiger partial charge < -0.3 is 4.42 Å². The second-order valence-electron chi connectivity index (χ2n) is 6.24. The van der Waals surface area contributed by atoms with Gasteiger partial charge in [-0.1, -0.05) is 40.9 Å². The number of nitrogens with one attached hydrogen (secondary N) is 1. The van der Waals surface area contributed by atoms with Gasteiger partial charge >= 0.3 is 6.03 Å². The van der Waals surface area contributed by atoms with E-state index in [9.17, 15) is 14.4 Å². The Balaban J connectivity index is 1.69. The van der Waals surface area contributed by atoms with Crippen LogP contribution in [0.4, 0.5) is 10.5 Å². The number of nitrogens with zero attached hydrogens (tertiary/aromatic N) is 1. The molecule has 1 aliphatic heterocycles. The van der Waals surface area contributed by atoms with Crippen molar-refractivity contribution in [1.82, 2.24) is 5.32 Å². The first-order valence-electron chi connectivity index (χ1n) is 8.56. The summed E-state index contributed by atoms with van der Waals surface area (Å²) in [4.78, 5) is 38.2. The van der Waals surface area contributed by atoms with Crippen LogP contribution in [-0.2, 0) is 9.59 Å². The number of hydrogen-bond acceptors (Lipinski definition) is 4.